The Balaban J connectivity index is 2.34. The van der Waals surface area contributed by atoms with E-state index in [9.17, 15) is 10.1 Å². The summed E-state index contributed by atoms with van der Waals surface area (Å²) in [4.78, 5) is 11.9. The van der Waals surface area contributed by atoms with Crippen LogP contribution in [0.25, 0.3) is 0 Å². The topological polar surface area (TPSA) is 46.4 Å². The van der Waals surface area contributed by atoms with Crippen molar-refractivity contribution in [3.63, 3.8) is 0 Å². The van der Waals surface area contributed by atoms with E-state index in [0.29, 0.717) is 6.04 Å². The van der Waals surface area contributed by atoms with Gasteiger partial charge in [0.1, 0.15) is 0 Å². The SMILES string of the molecule is CN(C[N+](=O)[O-])C1CCCCCC1. The van der Waals surface area contributed by atoms with Crippen molar-refractivity contribution in [2.45, 2.75) is 44.6 Å². The largest absolute Gasteiger partial charge is 0.263 e. The summed E-state index contributed by atoms with van der Waals surface area (Å²) in [7, 11) is 1.86. The molecule has 0 aromatic heterocycles. The third kappa shape index (κ3) is 3.72. The predicted octanol–water partition coefficient (Wildman–Crippen LogP) is 1.88. The van der Waals surface area contributed by atoms with Crippen LogP contribution in [0.1, 0.15) is 38.5 Å². The summed E-state index contributed by atoms with van der Waals surface area (Å²) in [5.41, 5.74) is 0. The molecule has 1 rings (SSSR count). The van der Waals surface area contributed by atoms with E-state index < -0.39 is 0 Å². The van der Waals surface area contributed by atoms with E-state index in [0.717, 1.165) is 12.8 Å². The molecular weight excluding hydrogens is 168 g/mol. The van der Waals surface area contributed by atoms with Gasteiger partial charge in [-0.15, -0.1) is 0 Å². The number of nitro groups is 1. The van der Waals surface area contributed by atoms with Gasteiger partial charge in [-0.2, -0.15) is 0 Å². The molecule has 1 aliphatic rings. The molecule has 0 atom stereocenters. The van der Waals surface area contributed by atoms with E-state index in [2.05, 4.69) is 0 Å². The van der Waals surface area contributed by atoms with Gasteiger partial charge in [0.05, 0.1) is 0 Å². The van der Waals surface area contributed by atoms with Crippen molar-refractivity contribution in [3.05, 3.63) is 10.1 Å². The van der Waals surface area contributed by atoms with Crippen molar-refractivity contribution >= 4 is 0 Å². The molecule has 4 heteroatoms. The summed E-state index contributed by atoms with van der Waals surface area (Å²) < 4.78 is 0. The van der Waals surface area contributed by atoms with Crippen LogP contribution < -0.4 is 0 Å². The molecule has 0 amide bonds. The minimum atomic E-state index is -0.245. The average Bonchev–Trinajstić information content (AvgIpc) is 2.29. The second-order valence-corrected chi connectivity index (χ2v) is 3.88. The standard InChI is InChI=1S/C9H18N2O2/c1-10(8-11(12)13)9-6-4-2-3-5-7-9/h9H,2-8H2,1H3. The van der Waals surface area contributed by atoms with Crippen LogP contribution in [-0.2, 0) is 0 Å². The van der Waals surface area contributed by atoms with Crippen molar-refractivity contribution in [1.29, 1.82) is 0 Å². The Morgan fingerprint density at radius 1 is 1.31 bits per heavy atom. The minimum Gasteiger partial charge on any atom is -0.263 e. The molecule has 0 aliphatic heterocycles. The molecular formula is C9H18N2O2. The first-order chi connectivity index (χ1) is 6.20. The van der Waals surface area contributed by atoms with Gasteiger partial charge in [-0.25, -0.2) is 4.90 Å². The van der Waals surface area contributed by atoms with E-state index in [-0.39, 0.29) is 11.6 Å². The molecule has 0 saturated heterocycles. The highest BCUT2D eigenvalue weighted by Crippen LogP contribution is 2.20. The van der Waals surface area contributed by atoms with Gasteiger partial charge in [-0.05, 0) is 19.9 Å². The smallest absolute Gasteiger partial charge is 0.259 e. The summed E-state index contributed by atoms with van der Waals surface area (Å²) in [5, 5.41) is 10.3. The van der Waals surface area contributed by atoms with Crippen LogP contribution in [0.3, 0.4) is 0 Å². The van der Waals surface area contributed by atoms with E-state index in [1.54, 1.807) is 0 Å². The second-order valence-electron chi connectivity index (χ2n) is 3.88. The monoisotopic (exact) mass is 186 g/mol. The molecule has 0 radical (unpaired) electrons. The summed E-state index contributed by atoms with van der Waals surface area (Å²) in [6.07, 6.45) is 7.31. The lowest BCUT2D eigenvalue weighted by atomic mass is 10.1. The maximum atomic E-state index is 10.3. The zero-order valence-corrected chi connectivity index (χ0v) is 8.24. The van der Waals surface area contributed by atoms with Gasteiger partial charge in [-0.3, -0.25) is 10.1 Å². The lowest BCUT2D eigenvalue weighted by molar-refractivity contribution is -0.504. The molecule has 1 saturated carbocycles. The Kier molecular flexibility index (Phi) is 4.15. The van der Waals surface area contributed by atoms with Gasteiger partial charge in [-0.1, -0.05) is 25.7 Å². The Morgan fingerprint density at radius 2 is 1.85 bits per heavy atom. The normalized spacial score (nSPS) is 20.2. The zero-order chi connectivity index (χ0) is 9.68. The highest BCUT2D eigenvalue weighted by molar-refractivity contribution is 4.70. The van der Waals surface area contributed by atoms with E-state index in [4.69, 9.17) is 0 Å². The molecule has 76 valence electrons. The number of hydrogen-bond donors (Lipinski definition) is 0. The first-order valence-corrected chi connectivity index (χ1v) is 5.02. The number of nitrogens with zero attached hydrogens (tertiary/aromatic N) is 2. The molecule has 0 unspecified atom stereocenters. The molecule has 0 bridgehead atoms. The lowest BCUT2D eigenvalue weighted by Crippen LogP contribution is -2.35. The van der Waals surface area contributed by atoms with Gasteiger partial charge < -0.3 is 0 Å². The highest BCUT2D eigenvalue weighted by Gasteiger charge is 2.19. The van der Waals surface area contributed by atoms with Crippen molar-refractivity contribution < 1.29 is 4.92 Å². The summed E-state index contributed by atoms with van der Waals surface area (Å²) in [6, 6.07) is 0.438. The Labute approximate surface area is 79.1 Å². The average molecular weight is 186 g/mol. The van der Waals surface area contributed by atoms with Gasteiger partial charge >= 0.3 is 0 Å². The molecule has 0 aromatic rings. The van der Waals surface area contributed by atoms with Crippen LogP contribution in [0.5, 0.6) is 0 Å². The van der Waals surface area contributed by atoms with E-state index in [1.165, 1.54) is 25.7 Å². The van der Waals surface area contributed by atoms with Crippen molar-refractivity contribution in [1.82, 2.24) is 4.90 Å². The molecule has 1 aliphatic carbocycles. The summed E-state index contributed by atoms with van der Waals surface area (Å²) in [6.45, 7) is -0.00926. The van der Waals surface area contributed by atoms with Gasteiger partial charge in [0.25, 0.3) is 6.67 Å². The summed E-state index contributed by atoms with van der Waals surface area (Å²) in [5.74, 6) is 0. The van der Waals surface area contributed by atoms with Crippen LogP contribution in [0.15, 0.2) is 0 Å². The van der Waals surface area contributed by atoms with Gasteiger partial charge in [0.2, 0.25) is 0 Å². The molecule has 0 spiro atoms. The molecule has 1 fully saturated rings. The quantitative estimate of drug-likeness (QED) is 0.292. The van der Waals surface area contributed by atoms with Gasteiger partial charge in [0.15, 0.2) is 0 Å². The van der Waals surface area contributed by atoms with Gasteiger partial charge in [0, 0.05) is 11.0 Å². The van der Waals surface area contributed by atoms with E-state index >= 15 is 0 Å². The van der Waals surface area contributed by atoms with Crippen LogP contribution in [0.4, 0.5) is 0 Å². The predicted molar refractivity (Wildman–Crippen MR) is 51.1 cm³/mol. The highest BCUT2D eigenvalue weighted by atomic mass is 16.6. The fourth-order valence-electron chi connectivity index (χ4n) is 2.00. The number of rotatable bonds is 3. The van der Waals surface area contributed by atoms with Crippen molar-refractivity contribution in [3.8, 4) is 0 Å². The first-order valence-electron chi connectivity index (χ1n) is 5.02. The van der Waals surface area contributed by atoms with Crippen LogP contribution >= 0.6 is 0 Å². The Morgan fingerprint density at radius 3 is 2.31 bits per heavy atom. The van der Waals surface area contributed by atoms with Crippen LogP contribution in [-0.4, -0.2) is 29.6 Å². The fourth-order valence-corrected chi connectivity index (χ4v) is 2.00. The fraction of sp³-hybridized carbons (Fsp3) is 1.00. The van der Waals surface area contributed by atoms with Crippen molar-refractivity contribution in [2.75, 3.05) is 13.7 Å². The van der Waals surface area contributed by atoms with E-state index in [1.807, 2.05) is 11.9 Å². The Bertz CT molecular complexity index is 165. The second kappa shape index (κ2) is 5.17. The summed E-state index contributed by atoms with van der Waals surface area (Å²) >= 11 is 0. The zero-order valence-electron chi connectivity index (χ0n) is 8.24. The molecule has 13 heavy (non-hydrogen) atoms. The molecule has 0 aromatic carbocycles. The van der Waals surface area contributed by atoms with Crippen LogP contribution in [0, 0.1) is 10.1 Å². The first kappa shape index (κ1) is 10.4. The minimum absolute atomic E-state index is 0.00926. The molecule has 4 nitrogen and oxygen atoms in total. The maximum absolute atomic E-state index is 10.3. The third-order valence-electron chi connectivity index (χ3n) is 2.79. The molecule has 0 heterocycles. The Hall–Kier alpha value is -0.640. The third-order valence-corrected chi connectivity index (χ3v) is 2.79. The number of hydrogen-bond acceptors (Lipinski definition) is 3. The van der Waals surface area contributed by atoms with Crippen molar-refractivity contribution in [2.24, 2.45) is 0 Å². The van der Waals surface area contributed by atoms with Crippen LogP contribution in [0.2, 0.25) is 0 Å². The lowest BCUT2D eigenvalue weighted by Gasteiger charge is -2.22. The molecule has 0 N–H and O–H groups in total. The maximum Gasteiger partial charge on any atom is 0.259 e.